The highest BCUT2D eigenvalue weighted by Crippen LogP contribution is 2.42. The third kappa shape index (κ3) is 4.50. The van der Waals surface area contributed by atoms with Crippen LogP contribution in [0, 0.1) is 0 Å². The Bertz CT molecular complexity index is 853. The first-order valence-electron chi connectivity index (χ1n) is 9.35. The number of ether oxygens (including phenoxy) is 1. The van der Waals surface area contributed by atoms with E-state index < -0.39 is 27.0 Å². The molecule has 2 aromatic carbocycles. The van der Waals surface area contributed by atoms with Crippen molar-refractivity contribution in [2.45, 2.75) is 56.5 Å². The molecule has 1 aliphatic rings. The van der Waals surface area contributed by atoms with Crippen molar-refractivity contribution in [3.8, 4) is 11.5 Å². The Hall–Kier alpha value is -1.92. The van der Waals surface area contributed by atoms with Crippen LogP contribution < -0.4 is 9.46 Å². The van der Waals surface area contributed by atoms with Crippen LogP contribution in [0.5, 0.6) is 11.5 Å². The van der Waals surface area contributed by atoms with Gasteiger partial charge in [-0.3, -0.25) is 0 Å². The number of hydrogen-bond donors (Lipinski definition) is 1. The zero-order valence-corrected chi connectivity index (χ0v) is 16.5. The summed E-state index contributed by atoms with van der Waals surface area (Å²) in [7, 11) is -3.54. The van der Waals surface area contributed by atoms with E-state index in [2.05, 4.69) is 4.72 Å². The lowest BCUT2D eigenvalue weighted by molar-refractivity contribution is 0.0712. The van der Waals surface area contributed by atoms with Crippen LogP contribution in [0.25, 0.3) is 0 Å². The zero-order valence-electron chi connectivity index (χ0n) is 15.7. The molecule has 6 heteroatoms. The fourth-order valence-electron chi connectivity index (χ4n) is 3.39. The van der Waals surface area contributed by atoms with Crippen LogP contribution in [0.1, 0.15) is 45.1 Å². The summed E-state index contributed by atoms with van der Waals surface area (Å²) >= 11 is 0. The minimum absolute atomic E-state index is 0.303. The Labute approximate surface area is 160 Å². The van der Waals surface area contributed by atoms with Crippen LogP contribution in [0.15, 0.2) is 54.6 Å². The summed E-state index contributed by atoms with van der Waals surface area (Å²) in [5.74, 6) is 1.32. The molecule has 146 valence electrons. The number of rotatable bonds is 6. The predicted molar refractivity (Wildman–Crippen MR) is 105 cm³/mol. The zero-order chi connectivity index (χ0) is 19.5. The van der Waals surface area contributed by atoms with Crippen molar-refractivity contribution in [2.75, 3.05) is 0 Å². The summed E-state index contributed by atoms with van der Waals surface area (Å²) < 4.78 is 48.9. The number of alkyl halides is 1. The van der Waals surface area contributed by atoms with E-state index in [0.717, 1.165) is 12.8 Å². The Morgan fingerprint density at radius 3 is 2.30 bits per heavy atom. The number of nitrogens with one attached hydrogen (secondary N) is 1. The van der Waals surface area contributed by atoms with Gasteiger partial charge in [-0.2, -0.15) is 0 Å². The molecule has 0 amide bonds. The molecule has 1 N–H and O–H groups in total. The Morgan fingerprint density at radius 1 is 1.04 bits per heavy atom. The van der Waals surface area contributed by atoms with Gasteiger partial charge in [-0.25, -0.2) is 17.5 Å². The molecule has 4 nitrogen and oxygen atoms in total. The van der Waals surface area contributed by atoms with Gasteiger partial charge in [0.05, 0.1) is 11.3 Å². The second kappa shape index (κ2) is 7.98. The molecule has 0 saturated heterocycles. The molecule has 2 aromatic rings. The van der Waals surface area contributed by atoms with Crippen molar-refractivity contribution in [1.82, 2.24) is 4.72 Å². The topological polar surface area (TPSA) is 55.4 Å². The summed E-state index contributed by atoms with van der Waals surface area (Å²) in [6, 6.07) is 15.5. The van der Waals surface area contributed by atoms with Crippen molar-refractivity contribution >= 4 is 10.0 Å². The third-order valence-corrected chi connectivity index (χ3v) is 6.93. The van der Waals surface area contributed by atoms with E-state index in [1.807, 2.05) is 30.3 Å². The average Bonchev–Trinajstić information content (AvgIpc) is 2.65. The molecule has 0 bridgehead atoms. The minimum atomic E-state index is -3.54. The first-order valence-corrected chi connectivity index (χ1v) is 10.9. The van der Waals surface area contributed by atoms with E-state index in [0.29, 0.717) is 29.9 Å². The second-order valence-electron chi connectivity index (χ2n) is 7.31. The quantitative estimate of drug-likeness (QED) is 0.761. The van der Waals surface area contributed by atoms with Crippen LogP contribution in [-0.2, 0) is 15.7 Å². The molecule has 1 fully saturated rings. The van der Waals surface area contributed by atoms with Crippen molar-refractivity contribution in [3.05, 3.63) is 60.2 Å². The van der Waals surface area contributed by atoms with Crippen LogP contribution in [0.4, 0.5) is 4.39 Å². The van der Waals surface area contributed by atoms with Gasteiger partial charge in [0.15, 0.2) is 5.67 Å². The summed E-state index contributed by atoms with van der Waals surface area (Å²) in [5, 5.41) is -0.592. The minimum Gasteiger partial charge on any atom is -0.457 e. The van der Waals surface area contributed by atoms with Crippen molar-refractivity contribution in [3.63, 3.8) is 0 Å². The van der Waals surface area contributed by atoms with Gasteiger partial charge in [0.25, 0.3) is 0 Å². The maximum Gasteiger partial charge on any atom is 0.214 e. The molecule has 0 heterocycles. The molecular formula is C21H26FNO3S. The van der Waals surface area contributed by atoms with Gasteiger partial charge in [-0.1, -0.05) is 36.8 Å². The predicted octanol–water partition coefficient (Wildman–Crippen LogP) is 4.91. The SMILES string of the molecule is CC(C)S(=O)(=O)NC1CCCCC1(F)c1ccc(Oc2ccccc2)cc1. The van der Waals surface area contributed by atoms with Gasteiger partial charge >= 0.3 is 0 Å². The molecule has 27 heavy (non-hydrogen) atoms. The number of para-hydroxylation sites is 1. The molecular weight excluding hydrogens is 365 g/mol. The second-order valence-corrected chi connectivity index (χ2v) is 9.58. The molecule has 1 saturated carbocycles. The van der Waals surface area contributed by atoms with E-state index in [4.69, 9.17) is 4.74 Å². The van der Waals surface area contributed by atoms with Crippen molar-refractivity contribution in [1.29, 1.82) is 0 Å². The summed E-state index contributed by atoms with van der Waals surface area (Å²) in [4.78, 5) is 0. The Kier molecular flexibility index (Phi) is 5.86. The van der Waals surface area contributed by atoms with Gasteiger partial charge < -0.3 is 4.74 Å². The summed E-state index contributed by atoms with van der Waals surface area (Å²) in [6.07, 6.45) is 2.34. The van der Waals surface area contributed by atoms with Crippen LogP contribution in [-0.4, -0.2) is 19.7 Å². The molecule has 0 aliphatic heterocycles. The van der Waals surface area contributed by atoms with Crippen LogP contribution in [0.3, 0.4) is 0 Å². The van der Waals surface area contributed by atoms with Gasteiger partial charge in [-0.05, 0) is 62.9 Å². The van der Waals surface area contributed by atoms with E-state index in [-0.39, 0.29) is 0 Å². The fraction of sp³-hybridized carbons (Fsp3) is 0.429. The van der Waals surface area contributed by atoms with Gasteiger partial charge in [0, 0.05) is 0 Å². The van der Waals surface area contributed by atoms with E-state index in [1.54, 1.807) is 38.1 Å². The van der Waals surface area contributed by atoms with Gasteiger partial charge in [-0.15, -0.1) is 0 Å². The standard InChI is InChI=1S/C21H26FNO3S/c1-16(2)27(24,25)23-20-10-6-7-15-21(20,22)17-11-13-19(14-12-17)26-18-8-4-3-5-9-18/h3-5,8-9,11-14,16,20,23H,6-7,10,15H2,1-2H3. The van der Waals surface area contributed by atoms with Crippen LogP contribution in [0.2, 0.25) is 0 Å². The molecule has 0 spiro atoms. The largest absolute Gasteiger partial charge is 0.457 e. The van der Waals surface area contributed by atoms with Gasteiger partial charge in [0.2, 0.25) is 10.0 Å². The van der Waals surface area contributed by atoms with E-state index in [9.17, 15) is 8.42 Å². The summed E-state index contributed by atoms with van der Waals surface area (Å²) in [5.41, 5.74) is -1.23. The normalized spacial score (nSPS) is 23.3. The lowest BCUT2D eigenvalue weighted by Gasteiger charge is -2.38. The Balaban J connectivity index is 1.81. The molecule has 0 aromatic heterocycles. The molecule has 1 aliphatic carbocycles. The van der Waals surface area contributed by atoms with Crippen LogP contribution >= 0.6 is 0 Å². The highest BCUT2D eigenvalue weighted by Gasteiger charge is 2.44. The molecule has 3 rings (SSSR count). The highest BCUT2D eigenvalue weighted by molar-refractivity contribution is 7.90. The first-order chi connectivity index (χ1) is 12.8. The lowest BCUT2D eigenvalue weighted by atomic mass is 9.77. The first kappa shape index (κ1) is 19.8. The highest BCUT2D eigenvalue weighted by atomic mass is 32.2. The number of benzene rings is 2. The monoisotopic (exact) mass is 391 g/mol. The smallest absolute Gasteiger partial charge is 0.214 e. The van der Waals surface area contributed by atoms with E-state index >= 15 is 4.39 Å². The average molecular weight is 392 g/mol. The molecule has 2 atom stereocenters. The van der Waals surface area contributed by atoms with Crippen molar-refractivity contribution in [2.24, 2.45) is 0 Å². The lowest BCUT2D eigenvalue weighted by Crippen LogP contribution is -2.51. The number of hydrogen-bond acceptors (Lipinski definition) is 3. The van der Waals surface area contributed by atoms with Gasteiger partial charge in [0.1, 0.15) is 11.5 Å². The maximum absolute atomic E-state index is 16.0. The number of halogens is 1. The fourth-order valence-corrected chi connectivity index (χ4v) is 4.36. The van der Waals surface area contributed by atoms with Crippen molar-refractivity contribution < 1.29 is 17.5 Å². The number of sulfonamides is 1. The molecule has 2 unspecified atom stereocenters. The molecule has 0 radical (unpaired) electrons. The third-order valence-electron chi connectivity index (χ3n) is 5.08. The van der Waals surface area contributed by atoms with E-state index in [1.165, 1.54) is 0 Å². The summed E-state index contributed by atoms with van der Waals surface area (Å²) in [6.45, 7) is 3.20. The maximum atomic E-state index is 16.0. The Morgan fingerprint density at radius 2 is 1.67 bits per heavy atom.